The highest BCUT2D eigenvalue weighted by Crippen LogP contribution is 2.38. The van der Waals surface area contributed by atoms with Crippen molar-refractivity contribution >= 4 is 13.7 Å². The van der Waals surface area contributed by atoms with Gasteiger partial charge < -0.3 is 28.8 Å². The van der Waals surface area contributed by atoms with E-state index in [0.29, 0.717) is 17.4 Å². The molecular weight excluding hydrogens is 707 g/mol. The molecule has 0 saturated carbocycles. The van der Waals surface area contributed by atoms with Gasteiger partial charge in [-0.3, -0.25) is 9.36 Å². The lowest BCUT2D eigenvalue weighted by atomic mass is 10.1. The number of rotatable bonds is 36. The van der Waals surface area contributed by atoms with Gasteiger partial charge in [0.25, 0.3) is 7.82 Å². The van der Waals surface area contributed by atoms with E-state index >= 15 is 0 Å². The molecule has 0 heterocycles. The number of amides is 1. The van der Waals surface area contributed by atoms with E-state index in [4.69, 9.17) is 9.05 Å². The zero-order valence-electron chi connectivity index (χ0n) is 35.3. The number of aliphatic hydroxyl groups excluding tert-OH is 1. The first-order chi connectivity index (χ1) is 26.5. The minimum absolute atomic E-state index is 0.0158. The summed E-state index contributed by atoms with van der Waals surface area (Å²) in [5, 5.41) is 13.6. The standard InChI is InChI=1S/C46H79N2O6P/c1-6-8-10-12-14-16-17-18-19-20-21-22-23-24-25-26-27-28-29-30-31-32-34-36-38-40-46(50)47-44(43-54-55(51,52)53-42-41-48(3,4)5)45(49)39-37-35-33-15-13-11-9-7-2/h8,10,13-16,18-19,21-22,24-25,27-28,37,39,44-45,49H,6-7,9,11-12,17,20,23,26,29-36,38,40-43H2,1-5H3,(H-,47,50,51,52)/b10-8-,15-13+,16-14-,19-18-,22-21-,25-24-,28-27-,39-37+. The summed E-state index contributed by atoms with van der Waals surface area (Å²) in [5.74, 6) is -0.232. The molecule has 2 N–H and O–H groups in total. The number of likely N-dealkylation sites (N-methyl/N-ethyl adjacent to an activating group) is 1. The fraction of sp³-hybridized carbons (Fsp3) is 0.630. The van der Waals surface area contributed by atoms with Gasteiger partial charge in [-0.25, -0.2) is 0 Å². The molecule has 0 aliphatic carbocycles. The van der Waals surface area contributed by atoms with Crippen LogP contribution in [0.3, 0.4) is 0 Å². The molecule has 1 amide bonds. The summed E-state index contributed by atoms with van der Waals surface area (Å²) in [4.78, 5) is 25.2. The molecule has 3 unspecified atom stereocenters. The number of nitrogens with one attached hydrogen (secondary N) is 1. The van der Waals surface area contributed by atoms with Crippen LogP contribution in [0.4, 0.5) is 0 Å². The molecule has 0 aromatic rings. The normalized spacial score (nSPS) is 15.4. The number of carbonyl (C=O) groups is 1. The minimum Gasteiger partial charge on any atom is -0.756 e. The quantitative estimate of drug-likeness (QED) is 0.0283. The molecule has 0 aliphatic heterocycles. The Morgan fingerprint density at radius 3 is 1.69 bits per heavy atom. The largest absolute Gasteiger partial charge is 0.756 e. The molecule has 55 heavy (non-hydrogen) atoms. The van der Waals surface area contributed by atoms with Crippen molar-refractivity contribution in [2.75, 3.05) is 40.9 Å². The second-order valence-electron chi connectivity index (χ2n) is 14.9. The third-order valence-electron chi connectivity index (χ3n) is 8.53. The van der Waals surface area contributed by atoms with Gasteiger partial charge in [-0.15, -0.1) is 0 Å². The molecular formula is C46H79N2O6P. The average molecular weight is 787 g/mol. The molecule has 9 heteroatoms. The molecule has 0 fully saturated rings. The third-order valence-corrected chi connectivity index (χ3v) is 9.49. The molecule has 8 nitrogen and oxygen atoms in total. The summed E-state index contributed by atoms with van der Waals surface area (Å²) in [6.07, 6.45) is 51.9. The van der Waals surface area contributed by atoms with E-state index in [-0.39, 0.29) is 12.5 Å². The number of hydrogen-bond acceptors (Lipinski definition) is 6. The van der Waals surface area contributed by atoms with Gasteiger partial charge in [0.15, 0.2) is 0 Å². The first kappa shape index (κ1) is 52.4. The molecule has 0 spiro atoms. The second-order valence-corrected chi connectivity index (χ2v) is 16.4. The zero-order chi connectivity index (χ0) is 40.7. The van der Waals surface area contributed by atoms with Crippen molar-refractivity contribution in [1.82, 2.24) is 5.32 Å². The first-order valence-corrected chi connectivity index (χ1v) is 22.6. The van der Waals surface area contributed by atoms with E-state index in [1.807, 2.05) is 27.2 Å². The maximum absolute atomic E-state index is 12.8. The predicted molar refractivity (Wildman–Crippen MR) is 233 cm³/mol. The van der Waals surface area contributed by atoms with Crippen LogP contribution < -0.4 is 10.2 Å². The lowest BCUT2D eigenvalue weighted by Gasteiger charge is -2.29. The summed E-state index contributed by atoms with van der Waals surface area (Å²) >= 11 is 0. The van der Waals surface area contributed by atoms with Crippen LogP contribution in [0.2, 0.25) is 0 Å². The van der Waals surface area contributed by atoms with Gasteiger partial charge >= 0.3 is 0 Å². The van der Waals surface area contributed by atoms with Gasteiger partial charge in [-0.2, -0.15) is 0 Å². The van der Waals surface area contributed by atoms with Gasteiger partial charge in [-0.1, -0.05) is 150 Å². The fourth-order valence-electron chi connectivity index (χ4n) is 5.15. The number of phosphoric ester groups is 1. The van der Waals surface area contributed by atoms with Crippen molar-refractivity contribution in [3.05, 3.63) is 97.2 Å². The topological polar surface area (TPSA) is 108 Å². The highest BCUT2D eigenvalue weighted by molar-refractivity contribution is 7.45. The lowest BCUT2D eigenvalue weighted by molar-refractivity contribution is -0.870. The van der Waals surface area contributed by atoms with Crippen LogP contribution in [0.1, 0.15) is 136 Å². The molecule has 0 aromatic carbocycles. The summed E-state index contributed by atoms with van der Waals surface area (Å²) in [5.41, 5.74) is 0. The molecule has 0 aromatic heterocycles. The van der Waals surface area contributed by atoms with Gasteiger partial charge in [0.1, 0.15) is 13.2 Å². The number of nitrogens with zero attached hydrogens (tertiary/aromatic N) is 1. The zero-order valence-corrected chi connectivity index (χ0v) is 36.2. The molecule has 0 aliphatic rings. The van der Waals surface area contributed by atoms with Crippen molar-refractivity contribution in [3.63, 3.8) is 0 Å². The van der Waals surface area contributed by atoms with Crippen LogP contribution in [-0.4, -0.2) is 68.5 Å². The number of quaternary nitrogens is 1. The number of hydrogen-bond donors (Lipinski definition) is 2. The van der Waals surface area contributed by atoms with Crippen molar-refractivity contribution in [2.24, 2.45) is 0 Å². The average Bonchev–Trinajstić information content (AvgIpc) is 3.13. The Kier molecular flexibility index (Phi) is 35.3. The summed E-state index contributed by atoms with van der Waals surface area (Å²) in [6.45, 7) is 4.38. The Bertz CT molecular complexity index is 1210. The third kappa shape index (κ3) is 39.5. The van der Waals surface area contributed by atoms with Crippen molar-refractivity contribution in [1.29, 1.82) is 0 Å². The first-order valence-electron chi connectivity index (χ1n) is 21.1. The van der Waals surface area contributed by atoms with Gasteiger partial charge in [0.2, 0.25) is 5.91 Å². The van der Waals surface area contributed by atoms with E-state index < -0.39 is 26.6 Å². The summed E-state index contributed by atoms with van der Waals surface area (Å²) in [7, 11) is 1.21. The van der Waals surface area contributed by atoms with Crippen LogP contribution in [0.5, 0.6) is 0 Å². The molecule has 0 rings (SSSR count). The predicted octanol–water partition coefficient (Wildman–Crippen LogP) is 10.9. The van der Waals surface area contributed by atoms with Crippen LogP contribution in [0.15, 0.2) is 97.2 Å². The number of carbonyl (C=O) groups excluding carboxylic acids is 1. The van der Waals surface area contributed by atoms with Crippen LogP contribution >= 0.6 is 7.82 Å². The molecule has 0 saturated heterocycles. The molecule has 0 bridgehead atoms. The van der Waals surface area contributed by atoms with Crippen LogP contribution in [0.25, 0.3) is 0 Å². The molecule has 0 radical (unpaired) electrons. The Morgan fingerprint density at radius 1 is 0.655 bits per heavy atom. The Hall–Kier alpha value is -2.58. The van der Waals surface area contributed by atoms with E-state index in [2.05, 4.69) is 104 Å². The highest BCUT2D eigenvalue weighted by atomic mass is 31.2. The van der Waals surface area contributed by atoms with E-state index in [1.54, 1.807) is 6.08 Å². The summed E-state index contributed by atoms with van der Waals surface area (Å²) in [6, 6.07) is -0.915. The molecule has 3 atom stereocenters. The smallest absolute Gasteiger partial charge is 0.268 e. The Labute approximate surface area is 337 Å². The van der Waals surface area contributed by atoms with Gasteiger partial charge in [0.05, 0.1) is 39.9 Å². The highest BCUT2D eigenvalue weighted by Gasteiger charge is 2.23. The fourth-order valence-corrected chi connectivity index (χ4v) is 5.88. The summed E-state index contributed by atoms with van der Waals surface area (Å²) < 4.78 is 23.0. The van der Waals surface area contributed by atoms with E-state index in [9.17, 15) is 19.4 Å². The SMILES string of the molecule is CC/C=C\C/C=C\C/C=C\C/C=C\C/C=C\C/C=C\CCCCCCCCC(=O)NC(COP(=O)([O-])OCC[N+](C)(C)C)C(O)/C=C/CC/C=C/CCCC. The second kappa shape index (κ2) is 37.0. The lowest BCUT2D eigenvalue weighted by Crippen LogP contribution is -2.45. The number of unbranched alkanes of at least 4 members (excludes halogenated alkanes) is 9. The number of aliphatic hydroxyl groups is 1. The van der Waals surface area contributed by atoms with E-state index in [1.165, 1.54) is 6.42 Å². The molecule has 314 valence electrons. The van der Waals surface area contributed by atoms with Gasteiger partial charge in [0, 0.05) is 6.42 Å². The van der Waals surface area contributed by atoms with Gasteiger partial charge in [-0.05, 0) is 77.0 Å². The number of phosphoric acid groups is 1. The Balaban J connectivity index is 4.32. The minimum atomic E-state index is -4.60. The maximum atomic E-state index is 12.8. The van der Waals surface area contributed by atoms with Crippen molar-refractivity contribution in [3.8, 4) is 0 Å². The van der Waals surface area contributed by atoms with E-state index in [0.717, 1.165) is 109 Å². The monoisotopic (exact) mass is 787 g/mol. The maximum Gasteiger partial charge on any atom is 0.268 e. The van der Waals surface area contributed by atoms with Crippen molar-refractivity contribution < 1.29 is 32.9 Å². The number of allylic oxidation sites excluding steroid dienone is 15. The Morgan fingerprint density at radius 2 is 1.13 bits per heavy atom. The van der Waals surface area contributed by atoms with Crippen LogP contribution in [-0.2, 0) is 18.4 Å². The van der Waals surface area contributed by atoms with Crippen molar-refractivity contribution in [2.45, 2.75) is 148 Å². The van der Waals surface area contributed by atoms with Crippen LogP contribution in [0, 0.1) is 0 Å².